The number of non-ortho nitro benzene ring substituents is 2. The summed E-state index contributed by atoms with van der Waals surface area (Å²) < 4.78 is 6.04. The minimum Gasteiger partial charge on any atom is -0.446 e. The molecule has 11 nitrogen and oxygen atoms in total. The maximum absolute atomic E-state index is 13.3. The van der Waals surface area contributed by atoms with Gasteiger partial charge in [0, 0.05) is 41.3 Å². The van der Waals surface area contributed by atoms with Crippen molar-refractivity contribution >= 4 is 51.8 Å². The number of rotatable bonds is 6. The molecule has 188 valence electrons. The number of para-hydroxylation sites is 1. The normalized spacial score (nSPS) is 14.9. The molecular weight excluding hydrogens is 514 g/mol. The zero-order valence-electron chi connectivity index (χ0n) is 19.3. The zero-order valence-corrected chi connectivity index (χ0v) is 20.1. The van der Waals surface area contributed by atoms with Crippen molar-refractivity contribution in [3.8, 4) is 0 Å². The van der Waals surface area contributed by atoms with Crippen LogP contribution in [-0.2, 0) is 9.53 Å². The van der Waals surface area contributed by atoms with Gasteiger partial charge in [0.25, 0.3) is 17.3 Å². The van der Waals surface area contributed by atoms with Crippen LogP contribution < -0.4 is 0 Å². The summed E-state index contributed by atoms with van der Waals surface area (Å²) in [6.07, 6.45) is 1.67. The fourth-order valence-corrected chi connectivity index (χ4v) is 4.01. The Kier molecular flexibility index (Phi) is 6.50. The van der Waals surface area contributed by atoms with Gasteiger partial charge in [-0.05, 0) is 48.0 Å². The Morgan fingerprint density at radius 1 is 0.947 bits per heavy atom. The number of nitro groups is 2. The standard InChI is InChI=1S/C26H16ClN5O6/c27-24-21(15-18-3-1-2-4-22(18)28-24)26-30(23(33)14-7-16-5-10-19(11-6-16)31(34)35)29-25(38-26)17-8-12-20(13-9-17)32(36)37/h1-15,26H/b14-7+. The maximum Gasteiger partial charge on any atom is 0.270 e. The van der Waals surface area contributed by atoms with E-state index in [9.17, 15) is 25.0 Å². The smallest absolute Gasteiger partial charge is 0.270 e. The molecule has 0 fully saturated rings. The van der Waals surface area contributed by atoms with E-state index in [1.807, 2.05) is 18.2 Å². The van der Waals surface area contributed by atoms with Gasteiger partial charge in [-0.2, -0.15) is 5.01 Å². The predicted octanol–water partition coefficient (Wildman–Crippen LogP) is 5.64. The number of amides is 1. The Hall–Kier alpha value is -5.16. The fourth-order valence-electron chi connectivity index (χ4n) is 3.77. The van der Waals surface area contributed by atoms with E-state index < -0.39 is 22.0 Å². The summed E-state index contributed by atoms with van der Waals surface area (Å²) >= 11 is 6.49. The van der Waals surface area contributed by atoms with E-state index in [-0.39, 0.29) is 22.4 Å². The second-order valence-electron chi connectivity index (χ2n) is 8.11. The summed E-state index contributed by atoms with van der Waals surface area (Å²) in [6, 6.07) is 20.3. The molecular formula is C26H16ClN5O6. The molecule has 1 aromatic heterocycles. The Bertz CT molecular complexity index is 1640. The molecule has 0 N–H and O–H groups in total. The van der Waals surface area contributed by atoms with Gasteiger partial charge in [-0.1, -0.05) is 29.8 Å². The Morgan fingerprint density at radius 2 is 1.58 bits per heavy atom. The number of fused-ring (bicyclic) bond motifs is 1. The summed E-state index contributed by atoms with van der Waals surface area (Å²) in [5.41, 5.74) is 1.85. The number of hydrogen-bond donors (Lipinski definition) is 0. The Balaban J connectivity index is 1.50. The average molecular weight is 530 g/mol. The van der Waals surface area contributed by atoms with Crippen LogP contribution in [0.25, 0.3) is 17.0 Å². The first-order valence-corrected chi connectivity index (χ1v) is 11.5. The molecule has 5 rings (SSSR count). The van der Waals surface area contributed by atoms with E-state index in [1.54, 1.807) is 12.1 Å². The van der Waals surface area contributed by atoms with Crippen LogP contribution in [0, 0.1) is 20.2 Å². The number of carbonyl (C=O) groups is 1. The van der Waals surface area contributed by atoms with E-state index in [2.05, 4.69) is 10.1 Å². The molecule has 2 heterocycles. The van der Waals surface area contributed by atoms with E-state index in [4.69, 9.17) is 16.3 Å². The second kappa shape index (κ2) is 10.1. The Morgan fingerprint density at radius 3 is 2.24 bits per heavy atom. The average Bonchev–Trinajstić information content (AvgIpc) is 3.37. The number of hydrazone groups is 1. The monoisotopic (exact) mass is 529 g/mol. The lowest BCUT2D eigenvalue weighted by Crippen LogP contribution is -2.26. The van der Waals surface area contributed by atoms with Gasteiger partial charge in [-0.15, -0.1) is 5.10 Å². The van der Waals surface area contributed by atoms with E-state index >= 15 is 0 Å². The van der Waals surface area contributed by atoms with Crippen LogP contribution in [0.1, 0.15) is 22.9 Å². The third-order valence-electron chi connectivity index (χ3n) is 5.69. The lowest BCUT2D eigenvalue weighted by molar-refractivity contribution is -0.385. The van der Waals surface area contributed by atoms with Crippen molar-refractivity contribution in [3.63, 3.8) is 0 Å². The highest BCUT2D eigenvalue weighted by Crippen LogP contribution is 2.35. The van der Waals surface area contributed by atoms with Crippen LogP contribution in [0.2, 0.25) is 5.15 Å². The van der Waals surface area contributed by atoms with Gasteiger partial charge in [0.2, 0.25) is 12.1 Å². The molecule has 1 atom stereocenters. The summed E-state index contributed by atoms with van der Waals surface area (Å²) in [5, 5.41) is 28.2. The van der Waals surface area contributed by atoms with Gasteiger partial charge < -0.3 is 4.74 Å². The summed E-state index contributed by atoms with van der Waals surface area (Å²) in [7, 11) is 0. The molecule has 0 saturated heterocycles. The van der Waals surface area contributed by atoms with Crippen molar-refractivity contribution in [1.29, 1.82) is 0 Å². The Labute approximate surface area is 219 Å². The number of pyridine rings is 1. The topological polar surface area (TPSA) is 141 Å². The van der Waals surface area contributed by atoms with Crippen molar-refractivity contribution in [3.05, 3.63) is 127 Å². The highest BCUT2D eigenvalue weighted by molar-refractivity contribution is 6.30. The fraction of sp³-hybridized carbons (Fsp3) is 0.0385. The SMILES string of the molecule is O=C(/C=C/c1ccc([N+](=O)[O-])cc1)N1N=C(c2ccc([N+](=O)[O-])cc2)OC1c1cc2ccccc2nc1Cl. The third kappa shape index (κ3) is 4.90. The van der Waals surface area contributed by atoms with Crippen molar-refractivity contribution < 1.29 is 19.4 Å². The first-order chi connectivity index (χ1) is 18.3. The van der Waals surface area contributed by atoms with Gasteiger partial charge >= 0.3 is 0 Å². The third-order valence-corrected chi connectivity index (χ3v) is 5.99. The summed E-state index contributed by atoms with van der Waals surface area (Å²) in [6.45, 7) is 0. The molecule has 0 bridgehead atoms. The highest BCUT2D eigenvalue weighted by Gasteiger charge is 2.36. The van der Waals surface area contributed by atoms with Crippen LogP contribution in [-0.4, -0.2) is 31.6 Å². The number of ether oxygens (including phenoxy) is 1. The first-order valence-electron chi connectivity index (χ1n) is 11.1. The minimum absolute atomic E-state index is 0.0613. The van der Waals surface area contributed by atoms with E-state index in [0.717, 1.165) is 10.4 Å². The molecule has 12 heteroatoms. The van der Waals surface area contributed by atoms with E-state index in [1.165, 1.54) is 60.7 Å². The molecule has 1 aliphatic heterocycles. The molecule has 4 aromatic rings. The molecule has 0 saturated carbocycles. The largest absolute Gasteiger partial charge is 0.446 e. The summed E-state index contributed by atoms with van der Waals surface area (Å²) in [5.74, 6) is -0.499. The lowest BCUT2D eigenvalue weighted by atomic mass is 10.1. The molecule has 0 spiro atoms. The maximum atomic E-state index is 13.3. The van der Waals surface area contributed by atoms with E-state index in [0.29, 0.717) is 22.2 Å². The van der Waals surface area contributed by atoms with Crippen LogP contribution in [0.15, 0.2) is 90.0 Å². The molecule has 0 aliphatic carbocycles. The molecule has 0 radical (unpaired) electrons. The van der Waals surface area contributed by atoms with Gasteiger partial charge in [0.15, 0.2) is 0 Å². The molecule has 3 aromatic carbocycles. The van der Waals surface area contributed by atoms with Crippen molar-refractivity contribution in [2.24, 2.45) is 5.10 Å². The van der Waals surface area contributed by atoms with Crippen molar-refractivity contribution in [2.45, 2.75) is 6.23 Å². The predicted molar refractivity (Wildman–Crippen MR) is 139 cm³/mol. The number of carbonyl (C=O) groups excluding carboxylic acids is 1. The molecule has 38 heavy (non-hydrogen) atoms. The van der Waals surface area contributed by atoms with Gasteiger partial charge in [0.05, 0.1) is 20.9 Å². The molecule has 1 amide bonds. The van der Waals surface area contributed by atoms with Crippen LogP contribution in [0.5, 0.6) is 0 Å². The number of benzene rings is 3. The van der Waals surface area contributed by atoms with Crippen molar-refractivity contribution in [2.75, 3.05) is 0 Å². The highest BCUT2D eigenvalue weighted by atomic mass is 35.5. The summed E-state index contributed by atoms with van der Waals surface area (Å²) in [4.78, 5) is 38.5. The zero-order chi connectivity index (χ0) is 26.8. The number of aromatic nitrogens is 1. The van der Waals surface area contributed by atoms with Crippen LogP contribution in [0.4, 0.5) is 11.4 Å². The van der Waals surface area contributed by atoms with Crippen LogP contribution in [0.3, 0.4) is 0 Å². The van der Waals surface area contributed by atoms with Gasteiger partial charge in [-0.25, -0.2) is 4.98 Å². The quantitative estimate of drug-likeness (QED) is 0.136. The van der Waals surface area contributed by atoms with Gasteiger partial charge in [-0.3, -0.25) is 25.0 Å². The number of nitrogens with zero attached hydrogens (tertiary/aromatic N) is 5. The van der Waals surface area contributed by atoms with Crippen molar-refractivity contribution in [1.82, 2.24) is 9.99 Å². The number of halogens is 1. The first kappa shape index (κ1) is 24.5. The molecule has 1 unspecified atom stereocenters. The van der Waals surface area contributed by atoms with Gasteiger partial charge in [0.1, 0.15) is 5.15 Å². The second-order valence-corrected chi connectivity index (χ2v) is 8.46. The number of hydrogen-bond acceptors (Lipinski definition) is 8. The van der Waals surface area contributed by atoms with Crippen LogP contribution >= 0.6 is 11.6 Å². The lowest BCUT2D eigenvalue weighted by Gasteiger charge is -2.20. The number of nitro benzene ring substituents is 2. The minimum atomic E-state index is -1.07. The molecule has 1 aliphatic rings.